The lowest BCUT2D eigenvalue weighted by Gasteiger charge is -2.22. The molecule has 1 atom stereocenters. The average molecular weight is 564 g/mol. The van der Waals surface area contributed by atoms with Crippen molar-refractivity contribution in [3.05, 3.63) is 131 Å². The molecule has 1 heterocycles. The van der Waals surface area contributed by atoms with E-state index in [4.69, 9.17) is 16.3 Å². The van der Waals surface area contributed by atoms with E-state index in [1.807, 2.05) is 6.07 Å². The Bertz CT molecular complexity index is 1520. The summed E-state index contributed by atoms with van der Waals surface area (Å²) in [5.41, 5.74) is 2.14. The summed E-state index contributed by atoms with van der Waals surface area (Å²) in [6.45, 7) is 0.0875. The third kappa shape index (κ3) is 7.08. The van der Waals surface area contributed by atoms with Crippen molar-refractivity contribution >= 4 is 33.5 Å². The van der Waals surface area contributed by atoms with Gasteiger partial charge in [0.15, 0.2) is 6.04 Å². The molecule has 1 aromatic heterocycles. The van der Waals surface area contributed by atoms with Crippen LogP contribution in [0.2, 0.25) is 5.02 Å². The van der Waals surface area contributed by atoms with E-state index in [9.17, 15) is 18.0 Å². The number of nitrogens with zero attached hydrogens (tertiary/aromatic N) is 2. The number of methoxy groups -OCH3 is 1. The molecule has 0 aliphatic heterocycles. The molecule has 0 radical (unpaired) electrons. The first-order valence-corrected chi connectivity index (χ1v) is 13.8. The molecule has 200 valence electrons. The van der Waals surface area contributed by atoms with Crippen molar-refractivity contribution in [2.75, 3.05) is 7.11 Å². The van der Waals surface area contributed by atoms with Gasteiger partial charge in [-0.25, -0.2) is 13.2 Å². The number of carbonyl (C=O) groups is 2. The quantitative estimate of drug-likeness (QED) is 0.279. The molecule has 0 fully saturated rings. The number of sulfonamides is 1. The summed E-state index contributed by atoms with van der Waals surface area (Å²) in [7, 11) is -2.64. The summed E-state index contributed by atoms with van der Waals surface area (Å²) in [4.78, 5) is 29.7. The summed E-state index contributed by atoms with van der Waals surface area (Å²) in [5.74, 6) is -1.07. The molecule has 8 nitrogen and oxygen atoms in total. The third-order valence-electron chi connectivity index (χ3n) is 5.94. The van der Waals surface area contributed by atoms with E-state index in [2.05, 4.69) is 10.3 Å². The Balaban J connectivity index is 1.55. The second-order valence-electron chi connectivity index (χ2n) is 8.59. The van der Waals surface area contributed by atoms with Crippen molar-refractivity contribution in [1.29, 1.82) is 0 Å². The predicted molar refractivity (Wildman–Crippen MR) is 147 cm³/mol. The maximum absolute atomic E-state index is 13.5. The van der Waals surface area contributed by atoms with Crippen molar-refractivity contribution in [3.63, 3.8) is 0 Å². The van der Waals surface area contributed by atoms with Gasteiger partial charge in [-0.2, -0.15) is 4.31 Å². The summed E-state index contributed by atoms with van der Waals surface area (Å²) in [6.07, 6.45) is 1.60. The highest BCUT2D eigenvalue weighted by molar-refractivity contribution is 7.89. The zero-order valence-corrected chi connectivity index (χ0v) is 22.6. The predicted octanol–water partition coefficient (Wildman–Crippen LogP) is 4.77. The minimum absolute atomic E-state index is 0.0399. The van der Waals surface area contributed by atoms with Crippen LogP contribution in [0, 0.1) is 0 Å². The van der Waals surface area contributed by atoms with E-state index in [0.29, 0.717) is 27.4 Å². The maximum atomic E-state index is 13.5. The molecule has 4 rings (SSSR count). The molecule has 1 amide bonds. The number of rotatable bonds is 10. The average Bonchev–Trinajstić information content (AvgIpc) is 2.96. The number of hydrogen-bond acceptors (Lipinski definition) is 6. The van der Waals surface area contributed by atoms with Gasteiger partial charge in [-0.3, -0.25) is 9.78 Å². The molecule has 0 aliphatic carbocycles. The molecule has 3 aromatic carbocycles. The van der Waals surface area contributed by atoms with E-state index in [-0.39, 0.29) is 18.0 Å². The fourth-order valence-electron chi connectivity index (χ4n) is 3.88. The molecular formula is C29H26ClN3O5S. The molecule has 4 aromatic rings. The Hall–Kier alpha value is -4.05. The van der Waals surface area contributed by atoms with Gasteiger partial charge in [-0.05, 0) is 59.7 Å². The van der Waals surface area contributed by atoms with Gasteiger partial charge in [0.05, 0.1) is 24.2 Å². The monoisotopic (exact) mass is 563 g/mol. The van der Waals surface area contributed by atoms with Crippen LogP contribution in [-0.2, 0) is 32.6 Å². The van der Waals surface area contributed by atoms with Gasteiger partial charge in [0, 0.05) is 23.3 Å². The number of aromatic nitrogens is 1. The molecule has 0 spiro atoms. The zero-order valence-electron chi connectivity index (χ0n) is 21.0. The highest BCUT2D eigenvalue weighted by Gasteiger charge is 2.26. The molecule has 0 unspecified atom stereocenters. The van der Waals surface area contributed by atoms with Crippen LogP contribution in [0.4, 0.5) is 0 Å². The molecule has 0 saturated heterocycles. The number of halogens is 1. The van der Waals surface area contributed by atoms with Gasteiger partial charge in [0.1, 0.15) is 0 Å². The zero-order chi connectivity index (χ0) is 27.8. The standard InChI is InChI=1S/C29H26ClN3O5S/c1-38-29(35)27(22-7-3-2-4-8-22)32-28(34)23-12-10-21(11-13-23)19-33(20-25-9-5-6-18-31-25)39(36,37)26-16-14-24(30)15-17-26/h2-18,27H,19-20H2,1H3,(H,32,34)/t27-/m0/s1. The number of pyridine rings is 1. The summed E-state index contributed by atoms with van der Waals surface area (Å²) in [5, 5.41) is 3.14. The molecule has 0 saturated carbocycles. The van der Waals surface area contributed by atoms with Crippen LogP contribution in [0.5, 0.6) is 0 Å². The molecule has 1 N–H and O–H groups in total. The molecule has 0 bridgehead atoms. The van der Waals surface area contributed by atoms with E-state index in [1.165, 1.54) is 35.7 Å². The first kappa shape index (κ1) is 28.0. The lowest BCUT2D eigenvalue weighted by molar-refractivity contribution is -0.143. The van der Waals surface area contributed by atoms with Crippen LogP contribution >= 0.6 is 11.6 Å². The topological polar surface area (TPSA) is 106 Å². The van der Waals surface area contributed by atoms with E-state index in [0.717, 1.165) is 0 Å². The fourth-order valence-corrected chi connectivity index (χ4v) is 5.40. The van der Waals surface area contributed by atoms with E-state index in [1.54, 1.807) is 72.9 Å². The van der Waals surface area contributed by atoms with Crippen LogP contribution in [0.1, 0.15) is 33.2 Å². The smallest absolute Gasteiger partial charge is 0.333 e. The number of benzene rings is 3. The van der Waals surface area contributed by atoms with Crippen LogP contribution in [0.3, 0.4) is 0 Å². The third-order valence-corrected chi connectivity index (χ3v) is 7.99. The minimum atomic E-state index is -3.90. The summed E-state index contributed by atoms with van der Waals surface area (Å²) >= 11 is 5.96. The Morgan fingerprint density at radius 2 is 1.56 bits per heavy atom. The van der Waals surface area contributed by atoms with Crippen LogP contribution in [0.25, 0.3) is 0 Å². The van der Waals surface area contributed by atoms with Gasteiger partial charge in [0.2, 0.25) is 10.0 Å². The highest BCUT2D eigenvalue weighted by Crippen LogP contribution is 2.23. The number of hydrogen-bond donors (Lipinski definition) is 1. The molecular weight excluding hydrogens is 538 g/mol. The van der Waals surface area contributed by atoms with Gasteiger partial charge in [-0.15, -0.1) is 0 Å². The number of esters is 1. The molecule has 10 heteroatoms. The van der Waals surface area contributed by atoms with Crippen molar-refractivity contribution in [3.8, 4) is 0 Å². The largest absolute Gasteiger partial charge is 0.467 e. The Labute approximate surface area is 232 Å². The SMILES string of the molecule is COC(=O)[C@@H](NC(=O)c1ccc(CN(Cc2ccccn2)S(=O)(=O)c2ccc(Cl)cc2)cc1)c1ccccc1. The minimum Gasteiger partial charge on any atom is -0.467 e. The summed E-state index contributed by atoms with van der Waals surface area (Å²) in [6, 6.07) is 25.6. The van der Waals surface area contributed by atoms with Gasteiger partial charge < -0.3 is 10.1 Å². The van der Waals surface area contributed by atoms with E-state index < -0.39 is 27.9 Å². The van der Waals surface area contributed by atoms with Gasteiger partial charge in [0.25, 0.3) is 5.91 Å². The number of amides is 1. The van der Waals surface area contributed by atoms with Gasteiger partial charge >= 0.3 is 5.97 Å². The number of carbonyl (C=O) groups excluding carboxylic acids is 2. The molecule has 0 aliphatic rings. The van der Waals surface area contributed by atoms with Crippen LogP contribution in [0.15, 0.2) is 108 Å². The first-order chi connectivity index (χ1) is 18.8. The maximum Gasteiger partial charge on any atom is 0.333 e. The number of ether oxygens (including phenoxy) is 1. The van der Waals surface area contributed by atoms with Gasteiger partial charge in [-0.1, -0.05) is 60.1 Å². The highest BCUT2D eigenvalue weighted by atomic mass is 35.5. The second-order valence-corrected chi connectivity index (χ2v) is 11.0. The summed E-state index contributed by atoms with van der Waals surface area (Å²) < 4.78 is 33.2. The fraction of sp³-hybridized carbons (Fsp3) is 0.138. The van der Waals surface area contributed by atoms with Crippen LogP contribution < -0.4 is 5.32 Å². The Kier molecular flexibility index (Phi) is 9.08. The van der Waals surface area contributed by atoms with Crippen molar-refractivity contribution in [2.24, 2.45) is 0 Å². The second kappa shape index (κ2) is 12.7. The van der Waals surface area contributed by atoms with Crippen molar-refractivity contribution in [1.82, 2.24) is 14.6 Å². The Morgan fingerprint density at radius 3 is 2.18 bits per heavy atom. The van der Waals surface area contributed by atoms with Crippen molar-refractivity contribution < 1.29 is 22.7 Å². The van der Waals surface area contributed by atoms with Crippen LogP contribution in [-0.4, -0.2) is 36.7 Å². The lowest BCUT2D eigenvalue weighted by Crippen LogP contribution is -2.34. The first-order valence-electron chi connectivity index (χ1n) is 12.0. The van der Waals surface area contributed by atoms with E-state index >= 15 is 0 Å². The Morgan fingerprint density at radius 1 is 0.897 bits per heavy atom. The normalized spacial score (nSPS) is 12.1. The van der Waals surface area contributed by atoms with Crippen molar-refractivity contribution in [2.45, 2.75) is 24.0 Å². The number of nitrogens with one attached hydrogen (secondary N) is 1. The lowest BCUT2D eigenvalue weighted by atomic mass is 10.1. The molecule has 39 heavy (non-hydrogen) atoms.